The molecule has 0 radical (unpaired) electrons. The number of thiophene rings is 1. The molecule has 1 rings (SSSR count). The molecule has 0 saturated carbocycles. The normalized spacial score (nSPS) is 13.1. The predicted molar refractivity (Wildman–Crippen MR) is 83.5 cm³/mol. The van der Waals surface area contributed by atoms with Crippen LogP contribution in [0.2, 0.25) is 0 Å². The van der Waals surface area contributed by atoms with Crippen molar-refractivity contribution in [3.05, 3.63) is 15.8 Å². The Morgan fingerprint density at radius 2 is 2.00 bits per heavy atom. The maximum Gasteiger partial charge on any atom is 0.321 e. The van der Waals surface area contributed by atoms with Gasteiger partial charge in [0.25, 0.3) is 0 Å². The highest BCUT2D eigenvalue weighted by atomic mass is 32.2. The molecule has 1 aromatic rings. The topological polar surface area (TPSA) is 104 Å². The van der Waals surface area contributed by atoms with Gasteiger partial charge < -0.3 is 10.4 Å². The Hall–Kier alpha value is -1.45. The molecule has 0 aromatic carbocycles. The molecular weight excluding hydrogens is 328 g/mol. The Labute approximate surface area is 134 Å². The number of carbonyl (C=O) groups is 2. The summed E-state index contributed by atoms with van der Waals surface area (Å²) in [6, 6.07) is 0.313. The number of carboxylic acid groups (broad SMARTS) is 1. The number of sulfonamides is 1. The molecule has 0 aliphatic heterocycles. The quantitative estimate of drug-likeness (QED) is 0.764. The van der Waals surface area contributed by atoms with E-state index in [1.807, 2.05) is 0 Å². The van der Waals surface area contributed by atoms with Crippen LogP contribution in [0.3, 0.4) is 0 Å². The van der Waals surface area contributed by atoms with Gasteiger partial charge in [-0.15, -0.1) is 11.3 Å². The Bertz CT molecular complexity index is 666. The molecule has 0 bridgehead atoms. The number of nitrogens with zero attached hydrogens (tertiary/aromatic N) is 1. The average molecular weight is 348 g/mol. The molecule has 1 atom stereocenters. The van der Waals surface area contributed by atoms with Crippen molar-refractivity contribution in [2.45, 2.75) is 38.6 Å². The molecule has 1 unspecified atom stereocenters. The van der Waals surface area contributed by atoms with E-state index < -0.39 is 22.0 Å². The Kier molecular flexibility index (Phi) is 6.09. The van der Waals surface area contributed by atoms with Crippen molar-refractivity contribution in [2.24, 2.45) is 0 Å². The number of carbonyl (C=O) groups excluding carboxylic acids is 1. The summed E-state index contributed by atoms with van der Waals surface area (Å²) in [6.45, 7) is 6.03. The lowest BCUT2D eigenvalue weighted by molar-refractivity contribution is -0.140. The van der Waals surface area contributed by atoms with E-state index in [9.17, 15) is 18.0 Å². The maximum absolute atomic E-state index is 12.7. The summed E-state index contributed by atoms with van der Waals surface area (Å²) in [5.74, 6) is -1.54. The van der Waals surface area contributed by atoms with Crippen molar-refractivity contribution < 1.29 is 23.1 Å². The molecule has 2 N–H and O–H groups in total. The minimum Gasteiger partial charge on any atom is -0.480 e. The summed E-state index contributed by atoms with van der Waals surface area (Å²) in [5, 5.41) is 11.6. The lowest BCUT2D eigenvalue weighted by atomic mass is 10.3. The second kappa shape index (κ2) is 7.21. The zero-order chi connectivity index (χ0) is 17.1. The van der Waals surface area contributed by atoms with E-state index in [0.29, 0.717) is 4.88 Å². The van der Waals surface area contributed by atoms with Crippen molar-refractivity contribution in [3.8, 4) is 0 Å². The number of nitrogens with one attached hydrogen (secondary N) is 1. The molecule has 1 aromatic heterocycles. The number of rotatable bonds is 7. The Balaban J connectivity index is 3.15. The molecule has 1 heterocycles. The standard InChI is InChI=1S/C13H20N2O5S2/c1-8-7-12(10(3)21-8)22(19,20)15(9(2)13(17)18)6-5-14-11(4)16/h7,9H,5-6H2,1-4H3,(H,14,16)(H,17,18). The third-order valence-electron chi connectivity index (χ3n) is 3.08. The minimum atomic E-state index is -3.94. The first-order valence-electron chi connectivity index (χ1n) is 6.63. The van der Waals surface area contributed by atoms with Crippen molar-refractivity contribution >= 4 is 33.2 Å². The van der Waals surface area contributed by atoms with E-state index in [1.54, 1.807) is 13.8 Å². The minimum absolute atomic E-state index is 0.0500. The molecule has 7 nitrogen and oxygen atoms in total. The lowest BCUT2D eigenvalue weighted by Gasteiger charge is -2.25. The number of hydrogen-bond donors (Lipinski definition) is 2. The SMILES string of the molecule is CC(=O)NCCN(C(C)C(=O)O)S(=O)(=O)c1cc(C)sc1C. The van der Waals surface area contributed by atoms with E-state index in [0.717, 1.165) is 9.18 Å². The van der Waals surface area contributed by atoms with E-state index >= 15 is 0 Å². The van der Waals surface area contributed by atoms with Gasteiger partial charge in [-0.3, -0.25) is 9.59 Å². The van der Waals surface area contributed by atoms with Gasteiger partial charge in [0.1, 0.15) is 6.04 Å². The molecule has 0 fully saturated rings. The Morgan fingerprint density at radius 1 is 1.41 bits per heavy atom. The zero-order valence-electron chi connectivity index (χ0n) is 12.9. The summed E-state index contributed by atoms with van der Waals surface area (Å²) in [5.41, 5.74) is 0. The average Bonchev–Trinajstić information content (AvgIpc) is 2.73. The first-order valence-corrected chi connectivity index (χ1v) is 8.89. The molecule has 0 aliphatic carbocycles. The van der Waals surface area contributed by atoms with Gasteiger partial charge in [0.2, 0.25) is 15.9 Å². The summed E-state index contributed by atoms with van der Waals surface area (Å²) >= 11 is 1.34. The molecule has 0 aliphatic rings. The van der Waals surface area contributed by atoms with Crippen molar-refractivity contribution in [2.75, 3.05) is 13.1 Å². The monoisotopic (exact) mass is 348 g/mol. The first-order chi connectivity index (χ1) is 10.1. The van der Waals surface area contributed by atoms with Gasteiger partial charge in [0.05, 0.1) is 4.90 Å². The van der Waals surface area contributed by atoms with Crippen molar-refractivity contribution in [1.29, 1.82) is 0 Å². The third kappa shape index (κ3) is 4.28. The fourth-order valence-corrected chi connectivity index (χ4v) is 5.09. The van der Waals surface area contributed by atoms with Gasteiger partial charge >= 0.3 is 5.97 Å². The van der Waals surface area contributed by atoms with Crippen LogP contribution in [0.5, 0.6) is 0 Å². The highest BCUT2D eigenvalue weighted by molar-refractivity contribution is 7.89. The second-order valence-electron chi connectivity index (χ2n) is 4.89. The fourth-order valence-electron chi connectivity index (χ4n) is 1.98. The second-order valence-corrected chi connectivity index (χ2v) is 8.21. The van der Waals surface area contributed by atoms with Crippen LogP contribution in [0.15, 0.2) is 11.0 Å². The molecular formula is C13H20N2O5S2. The maximum atomic E-state index is 12.7. The molecule has 9 heteroatoms. The van der Waals surface area contributed by atoms with E-state index in [-0.39, 0.29) is 23.9 Å². The summed E-state index contributed by atoms with van der Waals surface area (Å²) in [4.78, 5) is 23.7. The summed E-state index contributed by atoms with van der Waals surface area (Å²) in [7, 11) is -3.94. The fraction of sp³-hybridized carbons (Fsp3) is 0.538. The van der Waals surface area contributed by atoms with Crippen LogP contribution < -0.4 is 5.32 Å². The zero-order valence-corrected chi connectivity index (χ0v) is 14.5. The van der Waals surface area contributed by atoms with Crippen molar-refractivity contribution in [3.63, 3.8) is 0 Å². The summed E-state index contributed by atoms with van der Waals surface area (Å²) in [6.07, 6.45) is 0. The number of carboxylic acids is 1. The van der Waals surface area contributed by atoms with Crippen LogP contribution in [0.1, 0.15) is 23.6 Å². The van der Waals surface area contributed by atoms with Crippen LogP contribution in [0.25, 0.3) is 0 Å². The third-order valence-corrected chi connectivity index (χ3v) is 6.27. The van der Waals surface area contributed by atoms with E-state index in [2.05, 4.69) is 5.32 Å². The van der Waals surface area contributed by atoms with Gasteiger partial charge in [-0.1, -0.05) is 0 Å². The molecule has 124 valence electrons. The molecule has 0 saturated heterocycles. The largest absolute Gasteiger partial charge is 0.480 e. The highest BCUT2D eigenvalue weighted by Crippen LogP contribution is 2.28. The van der Waals surface area contributed by atoms with Crippen LogP contribution in [-0.2, 0) is 19.6 Å². The van der Waals surface area contributed by atoms with Crippen LogP contribution in [-0.4, -0.2) is 48.8 Å². The van der Waals surface area contributed by atoms with Gasteiger partial charge in [-0.25, -0.2) is 8.42 Å². The van der Waals surface area contributed by atoms with Crippen LogP contribution in [0, 0.1) is 13.8 Å². The number of aliphatic carboxylic acids is 1. The van der Waals surface area contributed by atoms with Crippen LogP contribution in [0.4, 0.5) is 0 Å². The van der Waals surface area contributed by atoms with Gasteiger partial charge in [-0.05, 0) is 26.8 Å². The van der Waals surface area contributed by atoms with Crippen molar-refractivity contribution in [1.82, 2.24) is 9.62 Å². The summed E-state index contributed by atoms with van der Waals surface area (Å²) < 4.78 is 26.4. The first kappa shape index (κ1) is 18.6. The number of hydrogen-bond acceptors (Lipinski definition) is 5. The number of amides is 1. The Morgan fingerprint density at radius 3 is 2.41 bits per heavy atom. The molecule has 1 amide bonds. The van der Waals surface area contributed by atoms with Gasteiger partial charge in [0.15, 0.2) is 0 Å². The van der Waals surface area contributed by atoms with E-state index in [1.165, 1.54) is 31.3 Å². The predicted octanol–water partition coefficient (Wildman–Crippen LogP) is 0.965. The van der Waals surface area contributed by atoms with E-state index in [4.69, 9.17) is 5.11 Å². The number of aryl methyl sites for hydroxylation is 2. The van der Waals surface area contributed by atoms with Crippen LogP contribution >= 0.6 is 11.3 Å². The highest BCUT2D eigenvalue weighted by Gasteiger charge is 2.34. The molecule has 22 heavy (non-hydrogen) atoms. The van der Waals surface area contributed by atoms with Gasteiger partial charge in [0, 0.05) is 29.8 Å². The molecule has 0 spiro atoms. The van der Waals surface area contributed by atoms with Gasteiger partial charge in [-0.2, -0.15) is 4.31 Å². The smallest absolute Gasteiger partial charge is 0.321 e. The lowest BCUT2D eigenvalue weighted by Crippen LogP contribution is -2.46.